The molecule has 3 aliphatic heterocycles. The van der Waals surface area contributed by atoms with E-state index in [1.807, 2.05) is 11.8 Å². The maximum Gasteiger partial charge on any atom is 0.274 e. The molecule has 0 N–H and O–H groups in total. The lowest BCUT2D eigenvalue weighted by Crippen LogP contribution is -2.47. The van der Waals surface area contributed by atoms with Gasteiger partial charge in [0.05, 0.1) is 11.9 Å². The van der Waals surface area contributed by atoms with Gasteiger partial charge in [0.25, 0.3) is 5.91 Å². The summed E-state index contributed by atoms with van der Waals surface area (Å²) < 4.78 is 0. The molecule has 4 fully saturated rings. The highest BCUT2D eigenvalue weighted by Crippen LogP contribution is 2.33. The van der Waals surface area contributed by atoms with Crippen molar-refractivity contribution in [1.29, 1.82) is 0 Å². The van der Waals surface area contributed by atoms with Gasteiger partial charge in [-0.25, -0.2) is 4.98 Å². The van der Waals surface area contributed by atoms with E-state index in [0.29, 0.717) is 17.7 Å². The number of carbonyl (C=O) groups is 1. The molecule has 5 heteroatoms. The van der Waals surface area contributed by atoms with Gasteiger partial charge in [-0.2, -0.15) is 0 Å². The quantitative estimate of drug-likeness (QED) is 0.857. The molecule has 0 radical (unpaired) electrons. The van der Waals surface area contributed by atoms with E-state index >= 15 is 0 Å². The molecule has 1 aromatic heterocycles. The van der Waals surface area contributed by atoms with Crippen molar-refractivity contribution in [3.05, 3.63) is 23.8 Å². The summed E-state index contributed by atoms with van der Waals surface area (Å²) in [6.07, 6.45) is 10.0. The van der Waals surface area contributed by atoms with Crippen LogP contribution >= 0.6 is 0 Å². The van der Waals surface area contributed by atoms with Crippen LogP contribution in [0.4, 0.5) is 0 Å². The third-order valence-corrected chi connectivity index (χ3v) is 5.83. The summed E-state index contributed by atoms with van der Waals surface area (Å²) in [7, 11) is 0. The van der Waals surface area contributed by atoms with Crippen molar-refractivity contribution < 1.29 is 4.79 Å². The summed E-state index contributed by atoms with van der Waals surface area (Å²) in [6, 6.07) is 0.539. The zero-order valence-electron chi connectivity index (χ0n) is 13.9. The lowest BCUT2D eigenvalue weighted by molar-refractivity contribution is 0.0711. The Morgan fingerprint density at radius 1 is 1.13 bits per heavy atom. The summed E-state index contributed by atoms with van der Waals surface area (Å²) >= 11 is 0. The molecule has 0 unspecified atom stereocenters. The molecule has 5 nitrogen and oxygen atoms in total. The molecule has 124 valence electrons. The first kappa shape index (κ1) is 15.1. The van der Waals surface area contributed by atoms with Crippen molar-refractivity contribution in [2.24, 2.45) is 11.8 Å². The van der Waals surface area contributed by atoms with Crippen LogP contribution in [0.15, 0.2) is 12.4 Å². The molecule has 1 saturated carbocycles. The zero-order valence-corrected chi connectivity index (χ0v) is 13.9. The summed E-state index contributed by atoms with van der Waals surface area (Å²) in [4.78, 5) is 26.0. The Morgan fingerprint density at radius 2 is 2.00 bits per heavy atom. The summed E-state index contributed by atoms with van der Waals surface area (Å²) in [5, 5.41) is 0. The van der Waals surface area contributed by atoms with Crippen LogP contribution < -0.4 is 0 Å². The minimum absolute atomic E-state index is 0.0555. The summed E-state index contributed by atoms with van der Waals surface area (Å²) in [6.45, 7) is 6.05. The summed E-state index contributed by atoms with van der Waals surface area (Å²) in [5.41, 5.74) is 1.34. The number of fused-ring (bicyclic) bond motifs is 4. The third-order valence-electron chi connectivity index (χ3n) is 5.83. The number of piperidine rings is 1. The first-order valence-electron chi connectivity index (χ1n) is 9.01. The van der Waals surface area contributed by atoms with Gasteiger partial charge in [0.2, 0.25) is 0 Å². The molecule has 4 aliphatic rings. The number of hydrogen-bond acceptors (Lipinski definition) is 4. The van der Waals surface area contributed by atoms with E-state index < -0.39 is 0 Å². The number of nitrogens with zero attached hydrogens (tertiary/aromatic N) is 4. The van der Waals surface area contributed by atoms with Crippen molar-refractivity contribution >= 4 is 5.91 Å². The second kappa shape index (κ2) is 6.19. The van der Waals surface area contributed by atoms with Crippen LogP contribution in [-0.4, -0.2) is 57.9 Å². The van der Waals surface area contributed by atoms with Gasteiger partial charge < -0.3 is 4.90 Å². The highest BCUT2D eigenvalue weighted by Gasteiger charge is 2.38. The molecule has 0 spiro atoms. The number of aryl methyl sites for hydroxylation is 1. The molecular weight excluding hydrogens is 288 g/mol. The van der Waals surface area contributed by atoms with Gasteiger partial charge >= 0.3 is 0 Å². The van der Waals surface area contributed by atoms with Crippen molar-refractivity contribution in [1.82, 2.24) is 19.8 Å². The monoisotopic (exact) mass is 314 g/mol. The summed E-state index contributed by atoms with van der Waals surface area (Å²) in [5.74, 6) is 1.58. The predicted octanol–water partition coefficient (Wildman–Crippen LogP) is 2.12. The number of aromatic nitrogens is 2. The standard InChI is InChI=1S/C18H26N4O/c1-13-7-20-17(8-19-13)18(23)22-11-15-5-6-16(12-22)21(10-15)9-14-3-2-4-14/h7-8,14-16H,2-6,9-12H2,1H3/t15-,16-/m1/s1. The molecule has 4 heterocycles. The Kier molecular flexibility index (Phi) is 4.05. The van der Waals surface area contributed by atoms with E-state index in [-0.39, 0.29) is 5.91 Å². The molecule has 1 aliphatic carbocycles. The number of hydrogen-bond donors (Lipinski definition) is 0. The molecule has 5 rings (SSSR count). The Balaban J connectivity index is 1.46. The largest absolute Gasteiger partial charge is 0.335 e. The topological polar surface area (TPSA) is 49.3 Å². The van der Waals surface area contributed by atoms with Crippen LogP contribution in [0, 0.1) is 18.8 Å². The predicted molar refractivity (Wildman–Crippen MR) is 88.1 cm³/mol. The molecule has 2 atom stereocenters. The fourth-order valence-electron chi connectivity index (χ4n) is 4.24. The Bertz CT molecular complexity index is 569. The number of carbonyl (C=O) groups excluding carboxylic acids is 1. The van der Waals surface area contributed by atoms with E-state index in [4.69, 9.17) is 0 Å². The fraction of sp³-hybridized carbons (Fsp3) is 0.722. The van der Waals surface area contributed by atoms with Crippen LogP contribution in [0.5, 0.6) is 0 Å². The third kappa shape index (κ3) is 3.11. The van der Waals surface area contributed by atoms with E-state index in [2.05, 4.69) is 14.9 Å². The average molecular weight is 314 g/mol. The van der Waals surface area contributed by atoms with E-state index in [1.165, 1.54) is 45.2 Å². The van der Waals surface area contributed by atoms with Gasteiger partial charge in [0, 0.05) is 38.4 Å². The SMILES string of the molecule is Cc1cnc(C(=O)N2C[C@@H]3CC[C@H](C2)N(CC2CCC2)C3)cn1. The second-order valence-electron chi connectivity index (χ2n) is 7.60. The maximum absolute atomic E-state index is 12.8. The first-order chi connectivity index (χ1) is 11.2. The van der Waals surface area contributed by atoms with Crippen LogP contribution in [-0.2, 0) is 0 Å². The minimum Gasteiger partial charge on any atom is -0.335 e. The molecule has 3 saturated heterocycles. The van der Waals surface area contributed by atoms with Gasteiger partial charge in [-0.3, -0.25) is 14.7 Å². The Labute approximate surface area is 138 Å². The maximum atomic E-state index is 12.8. The van der Waals surface area contributed by atoms with Gasteiger partial charge in [-0.1, -0.05) is 6.42 Å². The smallest absolute Gasteiger partial charge is 0.274 e. The van der Waals surface area contributed by atoms with E-state index in [0.717, 1.165) is 24.7 Å². The van der Waals surface area contributed by atoms with Gasteiger partial charge in [-0.15, -0.1) is 0 Å². The minimum atomic E-state index is 0.0555. The number of rotatable bonds is 3. The molecule has 23 heavy (non-hydrogen) atoms. The van der Waals surface area contributed by atoms with E-state index in [1.54, 1.807) is 12.4 Å². The van der Waals surface area contributed by atoms with Crippen molar-refractivity contribution in [3.63, 3.8) is 0 Å². The van der Waals surface area contributed by atoms with Crippen LogP contribution in [0.1, 0.15) is 48.3 Å². The highest BCUT2D eigenvalue weighted by atomic mass is 16.2. The second-order valence-corrected chi connectivity index (χ2v) is 7.60. The Hall–Kier alpha value is -1.49. The lowest BCUT2D eigenvalue weighted by Gasteiger charge is -2.40. The number of amides is 1. The van der Waals surface area contributed by atoms with Crippen LogP contribution in [0.3, 0.4) is 0 Å². The van der Waals surface area contributed by atoms with Crippen molar-refractivity contribution in [3.8, 4) is 0 Å². The average Bonchev–Trinajstić information content (AvgIpc) is 2.82. The molecular formula is C18H26N4O. The van der Waals surface area contributed by atoms with Gasteiger partial charge in [0.1, 0.15) is 5.69 Å². The fourth-order valence-corrected chi connectivity index (χ4v) is 4.24. The zero-order chi connectivity index (χ0) is 15.8. The lowest BCUT2D eigenvalue weighted by atomic mass is 9.83. The van der Waals surface area contributed by atoms with Gasteiger partial charge in [-0.05, 0) is 44.4 Å². The highest BCUT2D eigenvalue weighted by molar-refractivity contribution is 5.92. The molecule has 1 amide bonds. The van der Waals surface area contributed by atoms with Crippen LogP contribution in [0.2, 0.25) is 0 Å². The van der Waals surface area contributed by atoms with Crippen molar-refractivity contribution in [2.45, 2.75) is 45.1 Å². The molecule has 0 aromatic carbocycles. The Morgan fingerprint density at radius 3 is 2.70 bits per heavy atom. The normalized spacial score (nSPS) is 28.5. The molecule has 2 bridgehead atoms. The van der Waals surface area contributed by atoms with Gasteiger partial charge in [0.15, 0.2) is 0 Å². The van der Waals surface area contributed by atoms with Crippen LogP contribution in [0.25, 0.3) is 0 Å². The van der Waals surface area contributed by atoms with Crippen molar-refractivity contribution in [2.75, 3.05) is 26.2 Å². The first-order valence-corrected chi connectivity index (χ1v) is 9.01. The van der Waals surface area contributed by atoms with E-state index in [9.17, 15) is 4.79 Å². The molecule has 1 aromatic rings.